The number of hydrogen-bond donors (Lipinski definition) is 0. The first-order chi connectivity index (χ1) is 8.26. The van der Waals surface area contributed by atoms with E-state index in [0.717, 1.165) is 0 Å². The molecule has 0 spiro atoms. The maximum absolute atomic E-state index is 11.8. The molecular weight excluding hydrogens is 232 g/mol. The third-order valence-corrected chi connectivity index (χ3v) is 2.87. The Morgan fingerprint density at radius 2 is 1.67 bits per heavy atom. The van der Waals surface area contributed by atoms with E-state index in [1.54, 1.807) is 6.08 Å². The van der Waals surface area contributed by atoms with Crippen LogP contribution in [0.15, 0.2) is 24.8 Å². The van der Waals surface area contributed by atoms with Crippen molar-refractivity contribution in [1.29, 1.82) is 0 Å². The van der Waals surface area contributed by atoms with Gasteiger partial charge < -0.3 is 4.74 Å². The van der Waals surface area contributed by atoms with E-state index >= 15 is 0 Å². The van der Waals surface area contributed by atoms with Crippen LogP contribution in [0.1, 0.15) is 33.6 Å². The minimum absolute atomic E-state index is 0.0226. The minimum Gasteiger partial charge on any atom is -0.461 e. The monoisotopic (exact) mass is 252 g/mol. The molecule has 4 heteroatoms. The standard InChI is InChI=1S/C14H20O4/c1-6-7-14(11(3)15,12(4)16)8-10(2)9-18-13(5)17/h6H,1-2,7-9H2,3-5H3. The van der Waals surface area contributed by atoms with Crippen LogP contribution in [0.25, 0.3) is 0 Å². The average molecular weight is 252 g/mol. The number of esters is 1. The van der Waals surface area contributed by atoms with E-state index in [1.165, 1.54) is 20.8 Å². The maximum Gasteiger partial charge on any atom is 0.302 e. The van der Waals surface area contributed by atoms with Gasteiger partial charge >= 0.3 is 5.97 Å². The van der Waals surface area contributed by atoms with Crippen LogP contribution in [0.3, 0.4) is 0 Å². The van der Waals surface area contributed by atoms with E-state index in [4.69, 9.17) is 4.74 Å². The fourth-order valence-electron chi connectivity index (χ4n) is 1.78. The molecule has 0 saturated carbocycles. The lowest BCUT2D eigenvalue weighted by molar-refractivity contribution is -0.140. The summed E-state index contributed by atoms with van der Waals surface area (Å²) in [7, 11) is 0. The zero-order valence-corrected chi connectivity index (χ0v) is 11.2. The molecule has 0 fully saturated rings. The molecule has 0 bridgehead atoms. The summed E-state index contributed by atoms with van der Waals surface area (Å²) in [6, 6.07) is 0. The molecule has 0 unspecified atom stereocenters. The van der Waals surface area contributed by atoms with Crippen molar-refractivity contribution in [2.24, 2.45) is 5.41 Å². The van der Waals surface area contributed by atoms with E-state index in [0.29, 0.717) is 5.57 Å². The fraction of sp³-hybridized carbons (Fsp3) is 0.500. The molecule has 100 valence electrons. The van der Waals surface area contributed by atoms with Crippen molar-refractivity contribution in [3.63, 3.8) is 0 Å². The van der Waals surface area contributed by atoms with Gasteiger partial charge in [0.25, 0.3) is 0 Å². The summed E-state index contributed by atoms with van der Waals surface area (Å²) < 4.78 is 4.80. The van der Waals surface area contributed by atoms with Crippen LogP contribution in [0.5, 0.6) is 0 Å². The highest BCUT2D eigenvalue weighted by atomic mass is 16.5. The van der Waals surface area contributed by atoms with Gasteiger partial charge in [-0.3, -0.25) is 14.4 Å². The predicted molar refractivity (Wildman–Crippen MR) is 69.0 cm³/mol. The summed E-state index contributed by atoms with van der Waals surface area (Å²) >= 11 is 0. The van der Waals surface area contributed by atoms with Gasteiger partial charge in [-0.05, 0) is 32.3 Å². The van der Waals surface area contributed by atoms with Gasteiger partial charge in [-0.2, -0.15) is 0 Å². The van der Waals surface area contributed by atoms with Crippen molar-refractivity contribution >= 4 is 17.5 Å². The second kappa shape index (κ2) is 6.89. The molecule has 0 amide bonds. The number of rotatable bonds is 8. The Labute approximate surface area is 108 Å². The van der Waals surface area contributed by atoms with Gasteiger partial charge in [0, 0.05) is 6.92 Å². The third-order valence-electron chi connectivity index (χ3n) is 2.87. The zero-order valence-electron chi connectivity index (χ0n) is 11.2. The smallest absolute Gasteiger partial charge is 0.302 e. The van der Waals surface area contributed by atoms with Crippen LogP contribution < -0.4 is 0 Å². The van der Waals surface area contributed by atoms with Gasteiger partial charge in [-0.15, -0.1) is 6.58 Å². The Bertz CT molecular complexity index is 365. The number of ketones is 2. The first-order valence-electron chi connectivity index (χ1n) is 5.69. The topological polar surface area (TPSA) is 60.4 Å². The molecule has 0 N–H and O–H groups in total. The highest BCUT2D eigenvalue weighted by Gasteiger charge is 2.39. The minimum atomic E-state index is -1.13. The zero-order chi connectivity index (χ0) is 14.3. The number of ether oxygens (including phenoxy) is 1. The average Bonchev–Trinajstić information content (AvgIpc) is 2.24. The second-order valence-electron chi connectivity index (χ2n) is 4.39. The van der Waals surface area contributed by atoms with Crippen molar-refractivity contribution in [2.45, 2.75) is 33.6 Å². The molecule has 0 rings (SSSR count). The second-order valence-corrected chi connectivity index (χ2v) is 4.39. The van der Waals surface area contributed by atoms with Crippen molar-refractivity contribution in [2.75, 3.05) is 6.61 Å². The molecule has 0 aliphatic heterocycles. The van der Waals surface area contributed by atoms with Crippen LogP contribution in [-0.2, 0) is 19.1 Å². The Morgan fingerprint density at radius 3 is 2.00 bits per heavy atom. The summed E-state index contributed by atoms with van der Waals surface area (Å²) in [5.41, 5.74) is -0.587. The van der Waals surface area contributed by atoms with Gasteiger partial charge in [-0.25, -0.2) is 0 Å². The molecule has 0 aromatic heterocycles. The molecule has 0 atom stereocenters. The van der Waals surface area contributed by atoms with Crippen molar-refractivity contribution in [1.82, 2.24) is 0 Å². The molecule has 0 aliphatic rings. The quantitative estimate of drug-likeness (QED) is 0.377. The highest BCUT2D eigenvalue weighted by Crippen LogP contribution is 2.32. The van der Waals surface area contributed by atoms with Gasteiger partial charge in [0.1, 0.15) is 18.2 Å². The molecule has 0 aromatic rings. The first kappa shape index (κ1) is 16.3. The largest absolute Gasteiger partial charge is 0.461 e. The molecule has 0 aromatic carbocycles. The first-order valence-corrected chi connectivity index (χ1v) is 5.69. The Morgan fingerprint density at radius 1 is 1.17 bits per heavy atom. The summed E-state index contributed by atoms with van der Waals surface area (Å²) in [5, 5.41) is 0. The SMILES string of the molecule is C=CCC(CC(=C)COC(C)=O)(C(C)=O)C(C)=O. The van der Waals surface area contributed by atoms with E-state index in [-0.39, 0.29) is 31.0 Å². The van der Waals surface area contributed by atoms with Crippen LogP contribution in [-0.4, -0.2) is 24.1 Å². The molecule has 0 saturated heterocycles. The number of carbonyl (C=O) groups is 3. The summed E-state index contributed by atoms with van der Waals surface area (Å²) in [4.78, 5) is 34.2. The van der Waals surface area contributed by atoms with Crippen LogP contribution in [0.4, 0.5) is 0 Å². The van der Waals surface area contributed by atoms with E-state index in [1.807, 2.05) is 0 Å². The normalized spacial score (nSPS) is 10.6. The van der Waals surface area contributed by atoms with Crippen molar-refractivity contribution in [3.05, 3.63) is 24.8 Å². The highest BCUT2D eigenvalue weighted by molar-refractivity contribution is 6.05. The van der Waals surface area contributed by atoms with Gasteiger partial charge in [-0.1, -0.05) is 12.7 Å². The number of hydrogen-bond acceptors (Lipinski definition) is 4. The lowest BCUT2D eigenvalue weighted by atomic mass is 9.73. The molecule has 0 radical (unpaired) electrons. The third kappa shape index (κ3) is 4.28. The maximum atomic E-state index is 11.8. The number of Topliss-reactive ketones (excluding diaryl/α,β-unsaturated/α-hetero) is 2. The van der Waals surface area contributed by atoms with E-state index in [9.17, 15) is 14.4 Å². The van der Waals surface area contributed by atoms with E-state index < -0.39 is 11.4 Å². The fourth-order valence-corrected chi connectivity index (χ4v) is 1.78. The van der Waals surface area contributed by atoms with Crippen molar-refractivity contribution < 1.29 is 19.1 Å². The van der Waals surface area contributed by atoms with Gasteiger partial charge in [0.2, 0.25) is 0 Å². The van der Waals surface area contributed by atoms with Crippen molar-refractivity contribution in [3.8, 4) is 0 Å². The molecular formula is C14H20O4. The Kier molecular flexibility index (Phi) is 6.23. The summed E-state index contributed by atoms with van der Waals surface area (Å²) in [5.74, 6) is -0.867. The molecule has 0 aliphatic carbocycles. The summed E-state index contributed by atoms with van der Waals surface area (Å²) in [6.45, 7) is 11.4. The van der Waals surface area contributed by atoms with Crippen LogP contribution >= 0.6 is 0 Å². The van der Waals surface area contributed by atoms with E-state index in [2.05, 4.69) is 13.2 Å². The Balaban J connectivity index is 4.94. The lowest BCUT2D eigenvalue weighted by Crippen LogP contribution is -2.37. The molecule has 18 heavy (non-hydrogen) atoms. The van der Waals surface area contributed by atoms with Crippen LogP contribution in [0, 0.1) is 5.41 Å². The number of carbonyl (C=O) groups excluding carboxylic acids is 3. The van der Waals surface area contributed by atoms with Gasteiger partial charge in [0.15, 0.2) is 0 Å². The number of allylic oxidation sites excluding steroid dienone is 1. The van der Waals surface area contributed by atoms with Crippen LogP contribution in [0.2, 0.25) is 0 Å². The van der Waals surface area contributed by atoms with Gasteiger partial charge in [0.05, 0.1) is 5.41 Å². The summed E-state index contributed by atoms with van der Waals surface area (Å²) in [6.07, 6.45) is 1.98. The molecule has 0 heterocycles. The Hall–Kier alpha value is -1.71. The lowest BCUT2D eigenvalue weighted by Gasteiger charge is -2.28. The molecule has 4 nitrogen and oxygen atoms in total. The predicted octanol–water partition coefficient (Wildman–Crippen LogP) is 2.24.